The second-order valence-electron chi connectivity index (χ2n) is 6.11. The highest BCUT2D eigenvalue weighted by molar-refractivity contribution is 6.06. The molecule has 0 aliphatic carbocycles. The van der Waals surface area contributed by atoms with E-state index >= 15 is 0 Å². The number of fused-ring (bicyclic) bond motifs is 1. The number of carbonyl (C=O) groups excluding carboxylic acids is 2. The number of anilines is 1. The Hall–Kier alpha value is -2.62. The topological polar surface area (TPSA) is 49.4 Å². The minimum atomic E-state index is -0.570. The molecule has 0 fully saturated rings. The van der Waals surface area contributed by atoms with E-state index in [1.54, 1.807) is 4.90 Å². The summed E-state index contributed by atoms with van der Waals surface area (Å²) in [6.07, 6.45) is 1.69. The van der Waals surface area contributed by atoms with Crippen LogP contribution < -0.4 is 10.2 Å². The molecular formula is C20H22N2O2. The largest absolute Gasteiger partial charge is 0.341 e. The summed E-state index contributed by atoms with van der Waals surface area (Å²) in [4.78, 5) is 26.1. The first-order chi connectivity index (χ1) is 11.6. The summed E-state index contributed by atoms with van der Waals surface area (Å²) in [5, 5.41) is 2.80. The number of nitrogens with zero attached hydrogens (tertiary/aromatic N) is 1. The maximum absolute atomic E-state index is 12.8. The predicted octanol–water partition coefficient (Wildman–Crippen LogP) is 3.02. The molecule has 1 heterocycles. The third-order valence-electron chi connectivity index (χ3n) is 4.43. The molecule has 1 atom stereocenters. The summed E-state index contributed by atoms with van der Waals surface area (Å²) in [6, 6.07) is 15.6. The van der Waals surface area contributed by atoms with Crippen molar-refractivity contribution in [2.24, 2.45) is 0 Å². The lowest BCUT2D eigenvalue weighted by atomic mass is 10.0. The van der Waals surface area contributed by atoms with E-state index in [1.165, 1.54) is 18.1 Å². The first-order valence-electron chi connectivity index (χ1n) is 8.35. The van der Waals surface area contributed by atoms with Gasteiger partial charge in [-0.1, -0.05) is 49.4 Å². The van der Waals surface area contributed by atoms with Crippen LogP contribution in [-0.4, -0.2) is 18.4 Å². The molecule has 0 radical (unpaired) electrons. The fourth-order valence-electron chi connectivity index (χ4n) is 3.17. The Balaban J connectivity index is 1.87. The number of nitrogens with one attached hydrogen (secondary N) is 1. The minimum Gasteiger partial charge on any atom is -0.341 e. The highest BCUT2D eigenvalue weighted by atomic mass is 16.2. The maximum atomic E-state index is 12.8. The molecule has 2 aromatic carbocycles. The fraction of sp³-hybridized carbons (Fsp3) is 0.300. The van der Waals surface area contributed by atoms with Crippen molar-refractivity contribution in [3.63, 3.8) is 0 Å². The summed E-state index contributed by atoms with van der Waals surface area (Å²) >= 11 is 0. The number of aryl methyl sites for hydroxylation is 1. The van der Waals surface area contributed by atoms with E-state index in [0.29, 0.717) is 6.54 Å². The number of rotatable bonds is 5. The van der Waals surface area contributed by atoms with Crippen molar-refractivity contribution < 1.29 is 9.59 Å². The number of hydrogen-bond donors (Lipinski definition) is 1. The molecule has 0 saturated heterocycles. The van der Waals surface area contributed by atoms with Crippen molar-refractivity contribution in [3.8, 4) is 0 Å². The van der Waals surface area contributed by atoms with Crippen LogP contribution in [0.5, 0.6) is 0 Å². The predicted molar refractivity (Wildman–Crippen MR) is 94.9 cm³/mol. The van der Waals surface area contributed by atoms with E-state index in [2.05, 4.69) is 30.4 Å². The normalized spacial score (nSPS) is 16.2. The first-order valence-corrected chi connectivity index (χ1v) is 8.35. The van der Waals surface area contributed by atoms with E-state index in [4.69, 9.17) is 0 Å². The highest BCUT2D eigenvalue weighted by Gasteiger charge is 2.37. The molecule has 4 nitrogen and oxygen atoms in total. The number of carbonyl (C=O) groups is 2. The second kappa shape index (κ2) is 6.87. The van der Waals surface area contributed by atoms with Crippen LogP contribution in [0.1, 0.15) is 36.6 Å². The number of hydrogen-bond acceptors (Lipinski definition) is 2. The Morgan fingerprint density at radius 2 is 1.88 bits per heavy atom. The van der Waals surface area contributed by atoms with Crippen LogP contribution in [0.25, 0.3) is 0 Å². The highest BCUT2D eigenvalue weighted by Crippen LogP contribution is 2.36. The Bertz CT molecular complexity index is 755. The van der Waals surface area contributed by atoms with Gasteiger partial charge in [0.25, 0.3) is 5.91 Å². The van der Waals surface area contributed by atoms with Gasteiger partial charge in [0.1, 0.15) is 6.04 Å². The number of benzene rings is 2. The zero-order valence-electron chi connectivity index (χ0n) is 14.1. The van der Waals surface area contributed by atoms with Gasteiger partial charge in [-0.05, 0) is 30.0 Å². The van der Waals surface area contributed by atoms with E-state index in [-0.39, 0.29) is 11.8 Å². The molecule has 124 valence electrons. The van der Waals surface area contributed by atoms with E-state index in [0.717, 1.165) is 24.1 Å². The van der Waals surface area contributed by atoms with Crippen LogP contribution in [0.4, 0.5) is 5.69 Å². The Morgan fingerprint density at radius 1 is 1.12 bits per heavy atom. The molecule has 4 heteroatoms. The lowest BCUT2D eigenvalue weighted by Crippen LogP contribution is -2.37. The molecular weight excluding hydrogens is 300 g/mol. The van der Waals surface area contributed by atoms with Gasteiger partial charge in [0.15, 0.2) is 0 Å². The Morgan fingerprint density at radius 3 is 2.54 bits per heavy atom. The summed E-state index contributed by atoms with van der Waals surface area (Å²) in [5.41, 5.74) is 4.18. The van der Waals surface area contributed by atoms with E-state index < -0.39 is 6.04 Å². The minimum absolute atomic E-state index is 0.0515. The van der Waals surface area contributed by atoms with Gasteiger partial charge < -0.3 is 10.2 Å². The van der Waals surface area contributed by atoms with Crippen LogP contribution in [-0.2, 0) is 22.4 Å². The zero-order chi connectivity index (χ0) is 17.1. The monoisotopic (exact) mass is 322 g/mol. The molecule has 0 unspecified atom stereocenters. The molecule has 0 bridgehead atoms. The first kappa shape index (κ1) is 16.2. The summed E-state index contributed by atoms with van der Waals surface area (Å²) in [5.74, 6) is -0.240. The van der Waals surface area contributed by atoms with Crippen LogP contribution in [0, 0.1) is 0 Å². The molecule has 1 aliphatic rings. The van der Waals surface area contributed by atoms with Crippen molar-refractivity contribution in [2.45, 2.75) is 32.7 Å². The molecule has 2 amide bonds. The Labute approximate surface area is 142 Å². The summed E-state index contributed by atoms with van der Waals surface area (Å²) in [7, 11) is 0. The summed E-state index contributed by atoms with van der Waals surface area (Å²) in [6.45, 7) is 4.14. The van der Waals surface area contributed by atoms with E-state index in [9.17, 15) is 9.59 Å². The van der Waals surface area contributed by atoms with Gasteiger partial charge in [-0.15, -0.1) is 0 Å². The lowest BCUT2D eigenvalue weighted by Gasteiger charge is -2.18. The van der Waals surface area contributed by atoms with Gasteiger partial charge in [0, 0.05) is 24.7 Å². The summed E-state index contributed by atoms with van der Waals surface area (Å²) < 4.78 is 0. The maximum Gasteiger partial charge on any atom is 0.254 e. The quantitative estimate of drug-likeness (QED) is 0.920. The standard InChI is InChI=1S/C20H22N2O2/c1-3-15-9-10-18-17(13-15)19(21-14(2)23)20(24)22(18)12-11-16-7-5-4-6-8-16/h4-10,13,19H,3,11-12H2,1-2H3,(H,21,23)/t19-/m0/s1. The second-order valence-corrected chi connectivity index (χ2v) is 6.11. The van der Waals surface area contributed by atoms with Crippen LogP contribution in [0.2, 0.25) is 0 Å². The van der Waals surface area contributed by atoms with Gasteiger partial charge in [-0.25, -0.2) is 0 Å². The van der Waals surface area contributed by atoms with Crippen molar-refractivity contribution in [1.29, 1.82) is 0 Å². The molecule has 2 aromatic rings. The molecule has 24 heavy (non-hydrogen) atoms. The van der Waals surface area contributed by atoms with Gasteiger partial charge >= 0.3 is 0 Å². The molecule has 0 spiro atoms. The fourth-order valence-corrected chi connectivity index (χ4v) is 3.17. The van der Waals surface area contributed by atoms with E-state index in [1.807, 2.05) is 30.3 Å². The van der Waals surface area contributed by atoms with Gasteiger partial charge in [-0.2, -0.15) is 0 Å². The SMILES string of the molecule is CCc1ccc2c(c1)[C@H](NC(C)=O)C(=O)N2CCc1ccccc1. The van der Waals surface area contributed by atoms with Crippen molar-refractivity contribution >= 4 is 17.5 Å². The van der Waals surface area contributed by atoms with Crippen molar-refractivity contribution in [3.05, 3.63) is 65.2 Å². The third-order valence-corrected chi connectivity index (χ3v) is 4.43. The lowest BCUT2D eigenvalue weighted by molar-refractivity contribution is -0.126. The zero-order valence-corrected chi connectivity index (χ0v) is 14.1. The Kier molecular flexibility index (Phi) is 4.65. The van der Waals surface area contributed by atoms with Crippen LogP contribution in [0.15, 0.2) is 48.5 Å². The van der Waals surface area contributed by atoms with Crippen LogP contribution >= 0.6 is 0 Å². The average Bonchev–Trinajstić information content (AvgIpc) is 2.85. The molecule has 1 aliphatic heterocycles. The van der Waals surface area contributed by atoms with Crippen LogP contribution in [0.3, 0.4) is 0 Å². The average molecular weight is 322 g/mol. The van der Waals surface area contributed by atoms with Gasteiger partial charge in [0.05, 0.1) is 0 Å². The number of amides is 2. The molecule has 3 rings (SSSR count). The van der Waals surface area contributed by atoms with Gasteiger partial charge in [0.2, 0.25) is 5.91 Å². The third kappa shape index (κ3) is 3.18. The molecule has 0 aromatic heterocycles. The van der Waals surface area contributed by atoms with Gasteiger partial charge in [-0.3, -0.25) is 9.59 Å². The van der Waals surface area contributed by atoms with Crippen molar-refractivity contribution in [1.82, 2.24) is 5.32 Å². The van der Waals surface area contributed by atoms with Crippen molar-refractivity contribution in [2.75, 3.05) is 11.4 Å². The molecule has 0 saturated carbocycles. The molecule has 1 N–H and O–H groups in total. The smallest absolute Gasteiger partial charge is 0.254 e.